The van der Waals surface area contributed by atoms with Gasteiger partial charge in [-0.05, 0) is 48.7 Å². The molecule has 30 heavy (non-hydrogen) atoms. The number of rotatable bonds is 6. The molecule has 2 heterocycles. The number of H-pyrrole nitrogens is 1. The number of aromatic amines is 1. The molecule has 2 aromatic heterocycles. The molecule has 4 aromatic rings. The van der Waals surface area contributed by atoms with Gasteiger partial charge >= 0.3 is 0 Å². The number of aliphatic imine (C=N–C) groups is 1. The summed E-state index contributed by atoms with van der Waals surface area (Å²) < 4.78 is 1.88. The lowest BCUT2D eigenvalue weighted by Crippen LogP contribution is -2.37. The Bertz CT molecular complexity index is 1110. The number of para-hydroxylation sites is 1. The van der Waals surface area contributed by atoms with Crippen molar-refractivity contribution in [1.82, 2.24) is 25.4 Å². The van der Waals surface area contributed by atoms with Crippen LogP contribution in [0.2, 0.25) is 0 Å². The molecule has 0 saturated carbocycles. The Kier molecular flexibility index (Phi) is 7.51. The molecule has 0 fully saturated rings. The van der Waals surface area contributed by atoms with Crippen LogP contribution in [0.25, 0.3) is 16.6 Å². The quantitative estimate of drug-likeness (QED) is 0.205. The van der Waals surface area contributed by atoms with Gasteiger partial charge in [0.25, 0.3) is 0 Å². The van der Waals surface area contributed by atoms with E-state index in [4.69, 9.17) is 0 Å². The van der Waals surface area contributed by atoms with Crippen LogP contribution >= 0.6 is 24.0 Å². The number of aryl methyl sites for hydroxylation is 1. The minimum Gasteiger partial charge on any atom is -0.361 e. The third kappa shape index (κ3) is 5.21. The summed E-state index contributed by atoms with van der Waals surface area (Å²) in [5.41, 5.74) is 5.78. The van der Waals surface area contributed by atoms with Gasteiger partial charge in [-0.2, -0.15) is 5.10 Å². The van der Waals surface area contributed by atoms with E-state index >= 15 is 0 Å². The molecule has 6 nitrogen and oxygen atoms in total. The molecule has 0 aliphatic carbocycles. The molecule has 3 N–H and O–H groups in total. The fourth-order valence-corrected chi connectivity index (χ4v) is 3.40. The van der Waals surface area contributed by atoms with Crippen LogP contribution in [0, 0.1) is 6.92 Å². The third-order valence-corrected chi connectivity index (χ3v) is 4.94. The zero-order valence-electron chi connectivity index (χ0n) is 17.2. The summed E-state index contributed by atoms with van der Waals surface area (Å²) in [6.07, 6.45) is 4.99. The van der Waals surface area contributed by atoms with E-state index in [1.54, 1.807) is 7.05 Å². The average Bonchev–Trinajstić information content (AvgIpc) is 3.38. The van der Waals surface area contributed by atoms with Gasteiger partial charge < -0.3 is 15.6 Å². The van der Waals surface area contributed by atoms with Crippen molar-refractivity contribution in [2.75, 3.05) is 13.6 Å². The van der Waals surface area contributed by atoms with Crippen molar-refractivity contribution in [1.29, 1.82) is 0 Å². The molecule has 0 unspecified atom stereocenters. The number of nitrogens with one attached hydrogen (secondary N) is 3. The minimum absolute atomic E-state index is 0. The predicted octanol–water partition coefficient (Wildman–Crippen LogP) is 4.19. The van der Waals surface area contributed by atoms with Crippen LogP contribution in [0.1, 0.15) is 16.8 Å². The fourth-order valence-electron chi connectivity index (χ4n) is 3.40. The third-order valence-electron chi connectivity index (χ3n) is 4.94. The second-order valence-electron chi connectivity index (χ2n) is 7.05. The van der Waals surface area contributed by atoms with E-state index < -0.39 is 0 Å². The number of fused-ring (bicyclic) bond motifs is 1. The van der Waals surface area contributed by atoms with Crippen molar-refractivity contribution >= 4 is 40.8 Å². The van der Waals surface area contributed by atoms with Crippen molar-refractivity contribution < 1.29 is 0 Å². The van der Waals surface area contributed by atoms with E-state index in [0.29, 0.717) is 6.54 Å². The fraction of sp³-hybridized carbons (Fsp3) is 0.217. The van der Waals surface area contributed by atoms with Gasteiger partial charge in [0.2, 0.25) is 0 Å². The van der Waals surface area contributed by atoms with E-state index in [9.17, 15) is 0 Å². The molecule has 2 aromatic carbocycles. The average molecular weight is 514 g/mol. The van der Waals surface area contributed by atoms with Crippen LogP contribution in [0.15, 0.2) is 72.0 Å². The zero-order valence-corrected chi connectivity index (χ0v) is 19.6. The second kappa shape index (κ2) is 10.3. The van der Waals surface area contributed by atoms with Gasteiger partial charge in [-0.15, -0.1) is 24.0 Å². The maximum absolute atomic E-state index is 4.62. The highest BCUT2D eigenvalue weighted by Crippen LogP contribution is 2.19. The number of hydrogen-bond donors (Lipinski definition) is 3. The van der Waals surface area contributed by atoms with E-state index in [2.05, 4.69) is 57.0 Å². The topological polar surface area (TPSA) is 70.0 Å². The smallest absolute Gasteiger partial charge is 0.191 e. The Morgan fingerprint density at radius 2 is 1.93 bits per heavy atom. The lowest BCUT2D eigenvalue weighted by Gasteiger charge is -2.10. The monoisotopic (exact) mass is 514 g/mol. The normalized spacial score (nSPS) is 11.3. The summed E-state index contributed by atoms with van der Waals surface area (Å²) in [6, 6.07) is 18.6. The predicted molar refractivity (Wildman–Crippen MR) is 134 cm³/mol. The number of guanidine groups is 1. The maximum Gasteiger partial charge on any atom is 0.191 e. The van der Waals surface area contributed by atoms with Gasteiger partial charge in [-0.1, -0.05) is 30.3 Å². The highest BCUT2D eigenvalue weighted by molar-refractivity contribution is 14.0. The van der Waals surface area contributed by atoms with Gasteiger partial charge in [0.1, 0.15) is 0 Å². The first kappa shape index (κ1) is 21.9. The number of nitrogens with zero attached hydrogens (tertiary/aromatic N) is 3. The van der Waals surface area contributed by atoms with Crippen LogP contribution in [-0.4, -0.2) is 34.3 Å². The summed E-state index contributed by atoms with van der Waals surface area (Å²) in [5.74, 6) is 0.773. The van der Waals surface area contributed by atoms with Gasteiger partial charge in [0, 0.05) is 36.9 Å². The Balaban J connectivity index is 0.00000256. The molecule has 0 bridgehead atoms. The zero-order chi connectivity index (χ0) is 20.1. The lowest BCUT2D eigenvalue weighted by atomic mass is 10.1. The second-order valence-corrected chi connectivity index (χ2v) is 7.05. The van der Waals surface area contributed by atoms with Crippen molar-refractivity contribution in [3.63, 3.8) is 0 Å². The molecule has 0 radical (unpaired) electrons. The molecule has 0 aliphatic heterocycles. The van der Waals surface area contributed by atoms with Gasteiger partial charge in [0.05, 0.1) is 17.9 Å². The summed E-state index contributed by atoms with van der Waals surface area (Å²) >= 11 is 0. The number of hydrogen-bond acceptors (Lipinski definition) is 2. The molecule has 0 aliphatic rings. The Hall–Kier alpha value is -2.81. The largest absolute Gasteiger partial charge is 0.361 e. The minimum atomic E-state index is 0. The highest BCUT2D eigenvalue weighted by atomic mass is 127. The summed E-state index contributed by atoms with van der Waals surface area (Å²) in [7, 11) is 1.78. The molecule has 7 heteroatoms. The maximum atomic E-state index is 4.62. The van der Waals surface area contributed by atoms with Crippen molar-refractivity contribution in [3.8, 4) is 5.69 Å². The standard InChI is InChI=1S/C23H26N6.HI/c1-17-8-9-21-18(15-26-22(21)14-17)10-12-25-23(24-2)27-16-19-11-13-29(28-19)20-6-4-3-5-7-20;/h3-9,11,13-15,26H,10,12,16H2,1-2H3,(H2,24,25,27);1H. The highest BCUT2D eigenvalue weighted by Gasteiger charge is 2.06. The Morgan fingerprint density at radius 1 is 1.10 bits per heavy atom. The van der Waals surface area contributed by atoms with E-state index in [0.717, 1.165) is 30.3 Å². The van der Waals surface area contributed by atoms with E-state index in [-0.39, 0.29) is 24.0 Å². The first-order valence-electron chi connectivity index (χ1n) is 9.84. The van der Waals surface area contributed by atoms with Crippen molar-refractivity contribution in [2.24, 2.45) is 4.99 Å². The summed E-state index contributed by atoms with van der Waals surface area (Å²) in [5, 5.41) is 12.6. The first-order valence-corrected chi connectivity index (χ1v) is 9.84. The Morgan fingerprint density at radius 3 is 2.73 bits per heavy atom. The van der Waals surface area contributed by atoms with Gasteiger partial charge in [-0.3, -0.25) is 4.99 Å². The molecule has 0 spiro atoms. The first-order chi connectivity index (χ1) is 14.2. The van der Waals surface area contributed by atoms with Crippen LogP contribution in [0.3, 0.4) is 0 Å². The van der Waals surface area contributed by atoms with Crippen molar-refractivity contribution in [3.05, 3.63) is 83.8 Å². The molecule has 4 rings (SSSR count). The Labute approximate surface area is 193 Å². The summed E-state index contributed by atoms with van der Waals surface area (Å²) in [4.78, 5) is 7.67. The molecule has 0 amide bonds. The molecule has 156 valence electrons. The van der Waals surface area contributed by atoms with Crippen LogP contribution in [0.4, 0.5) is 0 Å². The van der Waals surface area contributed by atoms with Crippen molar-refractivity contribution in [2.45, 2.75) is 19.9 Å². The lowest BCUT2D eigenvalue weighted by molar-refractivity contribution is 0.764. The van der Waals surface area contributed by atoms with Gasteiger partial charge in [0.15, 0.2) is 5.96 Å². The molecular weight excluding hydrogens is 487 g/mol. The van der Waals surface area contributed by atoms with E-state index in [1.165, 1.54) is 22.0 Å². The van der Waals surface area contributed by atoms with Crippen LogP contribution in [0.5, 0.6) is 0 Å². The van der Waals surface area contributed by atoms with E-state index in [1.807, 2.05) is 47.3 Å². The number of aromatic nitrogens is 3. The van der Waals surface area contributed by atoms with Gasteiger partial charge in [-0.25, -0.2) is 4.68 Å². The van der Waals surface area contributed by atoms with Crippen LogP contribution < -0.4 is 10.6 Å². The summed E-state index contributed by atoms with van der Waals surface area (Å²) in [6.45, 7) is 3.53. The number of benzene rings is 2. The SMILES string of the molecule is CN=C(NCCc1c[nH]c2cc(C)ccc12)NCc1ccn(-c2ccccc2)n1.I. The van der Waals surface area contributed by atoms with Crippen LogP contribution in [-0.2, 0) is 13.0 Å². The number of halogens is 1. The molecular formula is C23H27IN6. The molecule has 0 saturated heterocycles. The molecule has 0 atom stereocenters.